The number of hydrogen-bond donors (Lipinski definition) is 2. The van der Waals surface area contributed by atoms with Crippen LogP contribution in [0.4, 0.5) is 0 Å². The van der Waals surface area contributed by atoms with Crippen molar-refractivity contribution in [1.29, 1.82) is 0 Å². The number of pyridine rings is 1. The van der Waals surface area contributed by atoms with Gasteiger partial charge in [-0.15, -0.1) is 0 Å². The Bertz CT molecular complexity index is 631. The number of hydrogen-bond acceptors (Lipinski definition) is 5. The highest BCUT2D eigenvalue weighted by Crippen LogP contribution is 2.18. The van der Waals surface area contributed by atoms with Gasteiger partial charge < -0.3 is 11.1 Å². The highest BCUT2D eigenvalue weighted by atomic mass is 32.2. The lowest BCUT2D eigenvalue weighted by Gasteiger charge is -2.20. The quantitative estimate of drug-likeness (QED) is 0.674. The van der Waals surface area contributed by atoms with Crippen molar-refractivity contribution >= 4 is 33.1 Å². The molecule has 0 saturated carbocycles. The molecule has 3 N–H and O–H groups in total. The Labute approximate surface area is 129 Å². The second kappa shape index (κ2) is 7.43. The first kappa shape index (κ1) is 17.5. The SMILES string of the molecule is CCNC(=O)CN(CC)S(=O)(=O)c1cccnc1C(N)=S. The number of amides is 1. The standard InChI is InChI=1S/C12H18N4O3S2/c1-3-14-10(17)8-16(4-2)21(18,19)9-6-5-7-15-11(9)12(13)20/h5-7H,3-4,8H2,1-2H3,(H2,13,20)(H,14,17). The third-order valence-electron chi connectivity index (χ3n) is 2.67. The van der Waals surface area contributed by atoms with E-state index in [4.69, 9.17) is 18.0 Å². The molecule has 0 unspecified atom stereocenters. The predicted molar refractivity (Wildman–Crippen MR) is 83.2 cm³/mol. The predicted octanol–water partition coefficient (Wildman–Crippen LogP) is -0.137. The molecular formula is C12H18N4O3S2. The van der Waals surface area contributed by atoms with Gasteiger partial charge in [-0.2, -0.15) is 4.31 Å². The molecule has 1 aromatic rings. The summed E-state index contributed by atoms with van der Waals surface area (Å²) in [5.41, 5.74) is 5.54. The zero-order valence-corrected chi connectivity index (χ0v) is 13.5. The Hall–Kier alpha value is -1.58. The van der Waals surface area contributed by atoms with Crippen LogP contribution in [0.3, 0.4) is 0 Å². The molecule has 1 heterocycles. The molecule has 0 spiro atoms. The fourth-order valence-electron chi connectivity index (χ4n) is 1.70. The maximum absolute atomic E-state index is 12.6. The molecule has 0 fully saturated rings. The molecular weight excluding hydrogens is 312 g/mol. The van der Waals surface area contributed by atoms with Crippen molar-refractivity contribution in [2.24, 2.45) is 5.73 Å². The monoisotopic (exact) mass is 330 g/mol. The minimum atomic E-state index is -3.90. The third-order valence-corrected chi connectivity index (χ3v) is 4.81. The van der Waals surface area contributed by atoms with E-state index in [-0.39, 0.29) is 34.6 Å². The third kappa shape index (κ3) is 4.19. The number of nitrogens with two attached hydrogens (primary N) is 1. The molecule has 0 aliphatic rings. The molecule has 1 rings (SSSR count). The van der Waals surface area contributed by atoms with Crippen LogP contribution in [0.5, 0.6) is 0 Å². The molecule has 1 aromatic heterocycles. The van der Waals surface area contributed by atoms with Crippen LogP contribution in [0.25, 0.3) is 0 Å². The van der Waals surface area contributed by atoms with Gasteiger partial charge in [-0.3, -0.25) is 9.78 Å². The van der Waals surface area contributed by atoms with E-state index in [1.165, 1.54) is 18.3 Å². The van der Waals surface area contributed by atoms with Gasteiger partial charge in [0.25, 0.3) is 0 Å². The number of rotatable bonds is 7. The van der Waals surface area contributed by atoms with Gasteiger partial charge in [0.15, 0.2) is 0 Å². The second-order valence-electron chi connectivity index (χ2n) is 4.10. The van der Waals surface area contributed by atoms with E-state index in [0.29, 0.717) is 6.54 Å². The smallest absolute Gasteiger partial charge is 0.245 e. The molecule has 116 valence electrons. The van der Waals surface area contributed by atoms with Gasteiger partial charge >= 0.3 is 0 Å². The van der Waals surface area contributed by atoms with Crippen molar-refractivity contribution < 1.29 is 13.2 Å². The molecule has 0 atom stereocenters. The van der Waals surface area contributed by atoms with E-state index >= 15 is 0 Å². The summed E-state index contributed by atoms with van der Waals surface area (Å²) in [5.74, 6) is -0.372. The molecule has 0 aliphatic carbocycles. The number of sulfonamides is 1. The summed E-state index contributed by atoms with van der Waals surface area (Å²) in [6.07, 6.45) is 1.41. The second-order valence-corrected chi connectivity index (χ2v) is 6.45. The van der Waals surface area contributed by atoms with Crippen LogP contribution in [-0.2, 0) is 14.8 Å². The lowest BCUT2D eigenvalue weighted by Crippen LogP contribution is -2.41. The van der Waals surface area contributed by atoms with E-state index in [1.807, 2.05) is 0 Å². The van der Waals surface area contributed by atoms with Gasteiger partial charge in [-0.25, -0.2) is 8.42 Å². The normalized spacial score (nSPS) is 11.4. The summed E-state index contributed by atoms with van der Waals surface area (Å²) in [6.45, 7) is 3.72. The van der Waals surface area contributed by atoms with Gasteiger partial charge in [0.05, 0.1) is 6.54 Å². The summed E-state index contributed by atoms with van der Waals surface area (Å²) >= 11 is 4.82. The first-order valence-corrected chi connectivity index (χ1v) is 8.21. The van der Waals surface area contributed by atoms with E-state index in [0.717, 1.165) is 4.31 Å². The van der Waals surface area contributed by atoms with Crippen LogP contribution in [0, 0.1) is 0 Å². The van der Waals surface area contributed by atoms with E-state index in [1.54, 1.807) is 13.8 Å². The average molecular weight is 330 g/mol. The van der Waals surface area contributed by atoms with Gasteiger partial charge in [-0.1, -0.05) is 19.1 Å². The number of carbonyl (C=O) groups is 1. The van der Waals surface area contributed by atoms with Crippen molar-refractivity contribution in [1.82, 2.24) is 14.6 Å². The van der Waals surface area contributed by atoms with E-state index < -0.39 is 10.0 Å². The minimum Gasteiger partial charge on any atom is -0.388 e. The summed E-state index contributed by atoms with van der Waals surface area (Å²) < 4.78 is 26.3. The fourth-order valence-corrected chi connectivity index (χ4v) is 3.49. The molecule has 0 aliphatic heterocycles. The number of thiocarbonyl (C=S) groups is 1. The van der Waals surface area contributed by atoms with E-state index in [9.17, 15) is 13.2 Å². The summed E-state index contributed by atoms with van der Waals surface area (Å²) in [6, 6.07) is 2.85. The Morgan fingerprint density at radius 1 is 1.48 bits per heavy atom. The maximum Gasteiger partial charge on any atom is 0.245 e. The summed E-state index contributed by atoms with van der Waals surface area (Å²) in [5, 5.41) is 2.56. The largest absolute Gasteiger partial charge is 0.388 e. The average Bonchev–Trinajstić information content (AvgIpc) is 2.44. The lowest BCUT2D eigenvalue weighted by atomic mass is 10.3. The van der Waals surface area contributed by atoms with Crippen LogP contribution >= 0.6 is 12.2 Å². The lowest BCUT2D eigenvalue weighted by molar-refractivity contribution is -0.121. The summed E-state index contributed by atoms with van der Waals surface area (Å²) in [7, 11) is -3.90. The molecule has 21 heavy (non-hydrogen) atoms. The highest BCUT2D eigenvalue weighted by molar-refractivity contribution is 7.89. The minimum absolute atomic E-state index is 0.0295. The maximum atomic E-state index is 12.6. The molecule has 0 radical (unpaired) electrons. The molecule has 1 amide bonds. The number of nitrogens with one attached hydrogen (secondary N) is 1. The topological polar surface area (TPSA) is 105 Å². The number of likely N-dealkylation sites (N-methyl/N-ethyl adjacent to an activating group) is 2. The van der Waals surface area contributed by atoms with E-state index in [2.05, 4.69) is 10.3 Å². The van der Waals surface area contributed by atoms with Gasteiger partial charge in [-0.05, 0) is 19.1 Å². The zero-order chi connectivity index (χ0) is 16.0. The molecule has 7 nitrogen and oxygen atoms in total. The van der Waals surface area contributed by atoms with Crippen LogP contribution in [0.15, 0.2) is 23.2 Å². The molecule has 9 heteroatoms. The van der Waals surface area contributed by atoms with Crippen LogP contribution < -0.4 is 11.1 Å². The Balaban J connectivity index is 3.19. The van der Waals surface area contributed by atoms with Crippen molar-refractivity contribution in [3.8, 4) is 0 Å². The first-order valence-electron chi connectivity index (χ1n) is 6.36. The van der Waals surface area contributed by atoms with Crippen LogP contribution in [-0.4, -0.2) is 48.2 Å². The van der Waals surface area contributed by atoms with Crippen LogP contribution in [0.2, 0.25) is 0 Å². The highest BCUT2D eigenvalue weighted by Gasteiger charge is 2.28. The number of aromatic nitrogens is 1. The molecule has 0 aromatic carbocycles. The van der Waals surface area contributed by atoms with Crippen LogP contribution in [0.1, 0.15) is 19.5 Å². The number of carbonyl (C=O) groups excluding carboxylic acids is 1. The first-order chi connectivity index (χ1) is 9.84. The Morgan fingerprint density at radius 3 is 2.67 bits per heavy atom. The van der Waals surface area contributed by atoms with Crippen molar-refractivity contribution in [2.45, 2.75) is 18.7 Å². The Kier molecular flexibility index (Phi) is 6.19. The van der Waals surface area contributed by atoms with Crippen molar-refractivity contribution in [3.05, 3.63) is 24.0 Å². The summed E-state index contributed by atoms with van der Waals surface area (Å²) in [4.78, 5) is 15.3. The fraction of sp³-hybridized carbons (Fsp3) is 0.417. The van der Waals surface area contributed by atoms with Gasteiger partial charge in [0, 0.05) is 19.3 Å². The van der Waals surface area contributed by atoms with Crippen molar-refractivity contribution in [3.63, 3.8) is 0 Å². The zero-order valence-electron chi connectivity index (χ0n) is 11.9. The van der Waals surface area contributed by atoms with Crippen molar-refractivity contribution in [2.75, 3.05) is 19.6 Å². The number of nitrogens with zero attached hydrogens (tertiary/aromatic N) is 2. The van der Waals surface area contributed by atoms with Gasteiger partial charge in [0.1, 0.15) is 15.6 Å². The molecule has 0 saturated heterocycles. The molecule has 0 bridgehead atoms. The van der Waals surface area contributed by atoms with Gasteiger partial charge in [0.2, 0.25) is 15.9 Å². The Morgan fingerprint density at radius 2 is 2.14 bits per heavy atom.